The molecule has 0 aromatic heterocycles. The van der Waals surface area contributed by atoms with E-state index in [-0.39, 0.29) is 19.5 Å². The Morgan fingerprint density at radius 3 is 2.09 bits per heavy atom. The van der Waals surface area contributed by atoms with Crippen LogP contribution in [0, 0.1) is 0 Å². The Bertz CT molecular complexity index is 413. The van der Waals surface area contributed by atoms with Crippen LogP contribution >= 0.6 is 0 Å². The van der Waals surface area contributed by atoms with E-state index in [1.807, 2.05) is 0 Å². The van der Waals surface area contributed by atoms with Gasteiger partial charge >= 0.3 is 12.2 Å². The summed E-state index contributed by atoms with van der Waals surface area (Å²) in [5.74, 6) is 0. The fraction of sp³-hybridized carbons (Fsp3) is 0.867. The van der Waals surface area contributed by atoms with Crippen molar-refractivity contribution in [1.29, 1.82) is 0 Å². The summed E-state index contributed by atoms with van der Waals surface area (Å²) >= 11 is 0. The molecule has 1 rings (SSSR count). The minimum absolute atomic E-state index is 0.0463. The van der Waals surface area contributed by atoms with Crippen LogP contribution < -0.4 is 0 Å². The number of rotatable bonds is 1. The van der Waals surface area contributed by atoms with Gasteiger partial charge in [0.05, 0.1) is 6.54 Å². The van der Waals surface area contributed by atoms with Gasteiger partial charge in [-0.15, -0.1) is 0 Å². The normalized spacial score (nSPS) is 23.0. The molecule has 2 atom stereocenters. The number of amides is 1. The molecule has 1 aliphatic heterocycles. The fourth-order valence-electron chi connectivity index (χ4n) is 1.89. The maximum Gasteiger partial charge on any atom is 0.509 e. The Balaban J connectivity index is 2.60. The zero-order valence-electron chi connectivity index (χ0n) is 14.1. The van der Waals surface area contributed by atoms with E-state index in [0.29, 0.717) is 0 Å². The van der Waals surface area contributed by atoms with E-state index in [2.05, 4.69) is 0 Å². The van der Waals surface area contributed by atoms with E-state index in [0.717, 1.165) is 0 Å². The average Bonchev–Trinajstić information content (AvgIpc) is 2.27. The number of hydrogen-bond donors (Lipinski definition) is 0. The Labute approximate surface area is 130 Å². The predicted octanol–water partition coefficient (Wildman–Crippen LogP) is 3.29. The lowest BCUT2D eigenvalue weighted by molar-refractivity contribution is -0.0680. The highest BCUT2D eigenvalue weighted by Crippen LogP contribution is 2.21. The molecule has 1 saturated heterocycles. The number of nitrogens with zero attached hydrogens (tertiary/aromatic N) is 1. The zero-order valence-corrected chi connectivity index (χ0v) is 14.1. The predicted molar refractivity (Wildman–Crippen MR) is 78.4 cm³/mol. The molecular weight excluding hydrogens is 293 g/mol. The zero-order chi connectivity index (χ0) is 17.1. The molecule has 1 aliphatic rings. The minimum atomic E-state index is -1.33. The Morgan fingerprint density at radius 1 is 1.05 bits per heavy atom. The molecule has 6 nitrogen and oxygen atoms in total. The van der Waals surface area contributed by atoms with Crippen LogP contribution in [-0.4, -0.2) is 53.7 Å². The van der Waals surface area contributed by atoms with Crippen molar-refractivity contribution in [1.82, 2.24) is 4.90 Å². The summed E-state index contributed by atoms with van der Waals surface area (Å²) in [5, 5.41) is 0. The first-order valence-corrected chi connectivity index (χ1v) is 7.39. The molecule has 0 radical (unpaired) electrons. The third-order valence-corrected chi connectivity index (χ3v) is 2.77. The molecule has 1 fully saturated rings. The topological polar surface area (TPSA) is 65.1 Å². The van der Waals surface area contributed by atoms with E-state index in [1.165, 1.54) is 4.90 Å². The van der Waals surface area contributed by atoms with Crippen LogP contribution in [0.3, 0.4) is 0 Å². The van der Waals surface area contributed by atoms with Crippen molar-refractivity contribution in [2.24, 2.45) is 0 Å². The summed E-state index contributed by atoms with van der Waals surface area (Å²) in [4.78, 5) is 25.0. The number of carbonyl (C=O) groups is 2. The van der Waals surface area contributed by atoms with Crippen LogP contribution in [0.25, 0.3) is 0 Å². The van der Waals surface area contributed by atoms with Gasteiger partial charge in [-0.2, -0.15) is 0 Å². The first-order chi connectivity index (χ1) is 9.87. The number of halogens is 1. The Morgan fingerprint density at radius 2 is 1.59 bits per heavy atom. The summed E-state index contributed by atoms with van der Waals surface area (Å²) in [7, 11) is 0. The van der Waals surface area contributed by atoms with Crippen molar-refractivity contribution in [3.8, 4) is 0 Å². The standard InChI is InChI=1S/C15H26FNO5/c1-14(2,3)21-12(18)17-8-7-10(16)11(9-17)20-13(19)22-15(4,5)6/h10-11H,7-9H2,1-6H3/t10-,11-/m1/s1. The summed E-state index contributed by atoms with van der Waals surface area (Å²) in [5.41, 5.74) is -1.35. The first kappa shape index (κ1) is 18.5. The third-order valence-electron chi connectivity index (χ3n) is 2.77. The quantitative estimate of drug-likeness (QED) is 0.694. The van der Waals surface area contributed by atoms with E-state index >= 15 is 0 Å². The number of hydrogen-bond acceptors (Lipinski definition) is 5. The minimum Gasteiger partial charge on any atom is -0.444 e. The van der Waals surface area contributed by atoms with E-state index < -0.39 is 35.7 Å². The summed E-state index contributed by atoms with van der Waals surface area (Å²) in [6, 6.07) is 0. The third kappa shape index (κ3) is 6.49. The van der Waals surface area contributed by atoms with E-state index in [9.17, 15) is 14.0 Å². The SMILES string of the molecule is CC(C)(C)OC(=O)O[C@@H]1CN(C(=O)OC(C)(C)C)CC[C@H]1F. The second-order valence-corrected chi connectivity index (χ2v) is 7.35. The van der Waals surface area contributed by atoms with Gasteiger partial charge in [-0.25, -0.2) is 14.0 Å². The van der Waals surface area contributed by atoms with Crippen molar-refractivity contribution in [2.45, 2.75) is 71.4 Å². The average molecular weight is 319 g/mol. The summed E-state index contributed by atoms with van der Waals surface area (Å²) in [6.07, 6.45) is -3.77. The Kier molecular flexibility index (Phi) is 5.65. The molecule has 1 heterocycles. The van der Waals surface area contributed by atoms with Gasteiger partial charge in [0.2, 0.25) is 0 Å². The molecule has 1 amide bonds. The van der Waals surface area contributed by atoms with E-state index in [4.69, 9.17) is 14.2 Å². The largest absolute Gasteiger partial charge is 0.509 e. The van der Waals surface area contributed by atoms with Crippen LogP contribution in [0.5, 0.6) is 0 Å². The van der Waals surface area contributed by atoms with Gasteiger partial charge in [-0.3, -0.25) is 0 Å². The molecule has 7 heteroatoms. The van der Waals surface area contributed by atoms with Crippen LogP contribution in [0.2, 0.25) is 0 Å². The van der Waals surface area contributed by atoms with Crippen LogP contribution in [0.1, 0.15) is 48.0 Å². The molecule has 0 unspecified atom stereocenters. The van der Waals surface area contributed by atoms with Gasteiger partial charge in [0.25, 0.3) is 0 Å². The lowest BCUT2D eigenvalue weighted by atomic mass is 10.1. The maximum absolute atomic E-state index is 13.9. The molecule has 0 aromatic carbocycles. The molecular formula is C15H26FNO5. The van der Waals surface area contributed by atoms with Crippen LogP contribution in [0.15, 0.2) is 0 Å². The highest BCUT2D eigenvalue weighted by molar-refractivity contribution is 5.68. The van der Waals surface area contributed by atoms with Gasteiger partial charge in [0, 0.05) is 13.0 Å². The number of carbonyl (C=O) groups excluding carboxylic acids is 2. The van der Waals surface area contributed by atoms with Crippen molar-refractivity contribution in [3.05, 3.63) is 0 Å². The highest BCUT2D eigenvalue weighted by Gasteiger charge is 2.36. The van der Waals surface area contributed by atoms with Gasteiger partial charge < -0.3 is 19.1 Å². The number of ether oxygens (including phenoxy) is 3. The smallest absolute Gasteiger partial charge is 0.444 e. The molecule has 0 N–H and O–H groups in total. The van der Waals surface area contributed by atoms with Crippen molar-refractivity contribution < 1.29 is 28.2 Å². The number of piperidine rings is 1. The van der Waals surface area contributed by atoms with Crippen molar-refractivity contribution >= 4 is 12.2 Å². The molecule has 0 aliphatic carbocycles. The summed E-state index contributed by atoms with van der Waals surface area (Å²) < 4.78 is 29.2. The second kappa shape index (κ2) is 6.71. The van der Waals surface area contributed by atoms with Crippen molar-refractivity contribution in [3.63, 3.8) is 0 Å². The first-order valence-electron chi connectivity index (χ1n) is 7.39. The lowest BCUT2D eigenvalue weighted by Gasteiger charge is -2.35. The Hall–Kier alpha value is -1.53. The number of alkyl halides is 1. The molecule has 0 aromatic rings. The van der Waals surface area contributed by atoms with Gasteiger partial charge in [-0.1, -0.05) is 0 Å². The van der Waals surface area contributed by atoms with Crippen molar-refractivity contribution in [2.75, 3.05) is 13.1 Å². The summed E-state index contributed by atoms with van der Waals surface area (Å²) in [6.45, 7) is 10.5. The number of likely N-dealkylation sites (tertiary alicyclic amines) is 1. The van der Waals surface area contributed by atoms with Gasteiger partial charge in [-0.05, 0) is 41.5 Å². The second-order valence-electron chi connectivity index (χ2n) is 7.35. The lowest BCUT2D eigenvalue weighted by Crippen LogP contribution is -2.50. The molecule has 22 heavy (non-hydrogen) atoms. The van der Waals surface area contributed by atoms with Crippen LogP contribution in [-0.2, 0) is 14.2 Å². The van der Waals surface area contributed by atoms with Gasteiger partial charge in [0.15, 0.2) is 6.10 Å². The molecule has 0 saturated carbocycles. The van der Waals surface area contributed by atoms with Crippen LogP contribution in [0.4, 0.5) is 14.0 Å². The fourth-order valence-corrected chi connectivity index (χ4v) is 1.89. The molecule has 0 bridgehead atoms. The molecule has 128 valence electrons. The van der Waals surface area contributed by atoms with Gasteiger partial charge in [0.1, 0.15) is 17.4 Å². The highest BCUT2D eigenvalue weighted by atomic mass is 19.1. The maximum atomic E-state index is 13.9. The monoisotopic (exact) mass is 319 g/mol. The molecule has 0 spiro atoms. The van der Waals surface area contributed by atoms with E-state index in [1.54, 1.807) is 41.5 Å².